The van der Waals surface area contributed by atoms with Gasteiger partial charge in [-0.3, -0.25) is 4.90 Å². The number of benzene rings is 2. The fraction of sp³-hybridized carbons (Fsp3) is 0.444. The third-order valence-electron chi connectivity index (χ3n) is 6.18. The summed E-state index contributed by atoms with van der Waals surface area (Å²) in [5, 5.41) is 11.1. The molecule has 2 heterocycles. The zero-order valence-corrected chi connectivity index (χ0v) is 21.2. The third-order valence-corrected chi connectivity index (χ3v) is 6.18. The van der Waals surface area contributed by atoms with Crippen molar-refractivity contribution >= 4 is 0 Å². The van der Waals surface area contributed by atoms with E-state index in [4.69, 9.17) is 18.9 Å². The average Bonchev–Trinajstić information content (AvgIpc) is 3.27. The highest BCUT2D eigenvalue weighted by Gasteiger charge is 2.33. The molecule has 1 aromatic heterocycles. The van der Waals surface area contributed by atoms with Crippen molar-refractivity contribution in [3.63, 3.8) is 0 Å². The molecule has 3 aromatic rings. The van der Waals surface area contributed by atoms with Crippen molar-refractivity contribution in [2.45, 2.75) is 32.0 Å². The molecule has 1 aliphatic heterocycles. The molecule has 0 amide bonds. The van der Waals surface area contributed by atoms with Crippen LogP contribution in [0.4, 0.5) is 8.78 Å². The van der Waals surface area contributed by atoms with Crippen LogP contribution in [0.1, 0.15) is 18.3 Å². The Kier molecular flexibility index (Phi) is 8.96. The highest BCUT2D eigenvalue weighted by atomic mass is 19.2. The van der Waals surface area contributed by atoms with E-state index >= 15 is 0 Å². The van der Waals surface area contributed by atoms with E-state index in [9.17, 15) is 13.9 Å². The molecule has 2 aromatic carbocycles. The molecule has 10 heteroatoms. The van der Waals surface area contributed by atoms with E-state index in [1.54, 1.807) is 13.3 Å². The number of imidazole rings is 1. The summed E-state index contributed by atoms with van der Waals surface area (Å²) in [4.78, 5) is 6.38. The van der Waals surface area contributed by atoms with Gasteiger partial charge in [-0.15, -0.1) is 0 Å². The van der Waals surface area contributed by atoms with E-state index < -0.39 is 17.2 Å². The van der Waals surface area contributed by atoms with Gasteiger partial charge in [0.15, 0.2) is 23.1 Å². The second kappa shape index (κ2) is 12.4. The Morgan fingerprint density at radius 3 is 2.76 bits per heavy atom. The number of ether oxygens (including phenoxy) is 4. The van der Waals surface area contributed by atoms with Crippen LogP contribution < -0.4 is 14.2 Å². The van der Waals surface area contributed by atoms with Gasteiger partial charge in [-0.2, -0.15) is 0 Å². The topological polar surface area (TPSA) is 78.2 Å². The van der Waals surface area contributed by atoms with Crippen LogP contribution in [0.3, 0.4) is 0 Å². The number of hydrogen-bond donors (Lipinski definition) is 1. The first kappa shape index (κ1) is 26.8. The fourth-order valence-electron chi connectivity index (χ4n) is 4.30. The minimum atomic E-state index is -1.32. The molecule has 1 aliphatic rings. The maximum atomic E-state index is 13.5. The van der Waals surface area contributed by atoms with Gasteiger partial charge in [-0.1, -0.05) is 13.0 Å². The van der Waals surface area contributed by atoms with Gasteiger partial charge in [0.05, 0.1) is 26.9 Å². The van der Waals surface area contributed by atoms with Gasteiger partial charge in [0, 0.05) is 44.5 Å². The van der Waals surface area contributed by atoms with Crippen LogP contribution in [-0.2, 0) is 24.2 Å². The summed E-state index contributed by atoms with van der Waals surface area (Å²) < 4.78 is 51.5. The van der Waals surface area contributed by atoms with Gasteiger partial charge in [0.1, 0.15) is 30.4 Å². The van der Waals surface area contributed by atoms with Crippen molar-refractivity contribution in [2.24, 2.45) is 0 Å². The van der Waals surface area contributed by atoms with Gasteiger partial charge in [-0.25, -0.2) is 13.8 Å². The first-order chi connectivity index (χ1) is 17.9. The first-order valence-electron chi connectivity index (χ1n) is 12.3. The van der Waals surface area contributed by atoms with Crippen molar-refractivity contribution < 1.29 is 32.8 Å². The molecule has 37 heavy (non-hydrogen) atoms. The number of β-amino-alcohol motifs (C(OH)–C–C–N with tert-alkyl or cyclic N) is 1. The van der Waals surface area contributed by atoms with Crippen molar-refractivity contribution in [1.82, 2.24) is 14.5 Å². The predicted molar refractivity (Wildman–Crippen MR) is 133 cm³/mol. The lowest BCUT2D eigenvalue weighted by molar-refractivity contribution is -0.0647. The molecule has 0 spiro atoms. The van der Waals surface area contributed by atoms with E-state index in [1.165, 1.54) is 6.07 Å². The lowest BCUT2D eigenvalue weighted by Gasteiger charge is -2.30. The molecule has 0 unspecified atom stereocenters. The number of halogens is 2. The van der Waals surface area contributed by atoms with Gasteiger partial charge in [0.2, 0.25) is 0 Å². The van der Waals surface area contributed by atoms with Gasteiger partial charge < -0.3 is 28.6 Å². The Hall–Kier alpha value is -3.21. The van der Waals surface area contributed by atoms with Crippen LogP contribution in [0.2, 0.25) is 0 Å². The average molecular weight is 518 g/mol. The summed E-state index contributed by atoms with van der Waals surface area (Å²) in [5.41, 5.74) is -0.336. The van der Waals surface area contributed by atoms with Crippen LogP contribution in [0.25, 0.3) is 0 Å². The number of aromatic nitrogens is 2. The summed E-state index contributed by atoms with van der Waals surface area (Å²) in [6.45, 7) is 5.06. The predicted octanol–water partition coefficient (Wildman–Crippen LogP) is 3.45. The zero-order chi connectivity index (χ0) is 26.3. The highest BCUT2D eigenvalue weighted by molar-refractivity contribution is 5.43. The first-order valence-corrected chi connectivity index (χ1v) is 12.3. The van der Waals surface area contributed by atoms with E-state index in [-0.39, 0.29) is 25.5 Å². The molecule has 0 bridgehead atoms. The Morgan fingerprint density at radius 1 is 1.11 bits per heavy atom. The molecule has 1 atom stereocenters. The highest BCUT2D eigenvalue weighted by Crippen LogP contribution is 2.29. The summed E-state index contributed by atoms with van der Waals surface area (Å²) in [7, 11) is 1.60. The summed E-state index contributed by atoms with van der Waals surface area (Å²) >= 11 is 0. The van der Waals surface area contributed by atoms with Crippen LogP contribution in [0.15, 0.2) is 48.8 Å². The molecule has 4 rings (SSSR count). The standard InChI is InChI=1S/C27H33F2N3O5/c1-3-26-30-8-9-32(26)11-13-36-24-7-4-20(14-25(24)34-2)16-31-10-12-35-18-27(33,17-31)19-37-21-5-6-22(28)23(29)15-21/h4-9,14-15,33H,3,10-13,16-19H2,1-2H3/t27-/m0/s1. The van der Waals surface area contributed by atoms with Crippen LogP contribution >= 0.6 is 0 Å². The Bertz CT molecular complexity index is 1170. The maximum Gasteiger partial charge on any atom is 0.162 e. The summed E-state index contributed by atoms with van der Waals surface area (Å²) in [6, 6.07) is 9.05. The molecule has 1 N–H and O–H groups in total. The second-order valence-electron chi connectivity index (χ2n) is 9.08. The zero-order valence-electron chi connectivity index (χ0n) is 21.2. The van der Waals surface area contributed by atoms with Crippen molar-refractivity contribution in [3.8, 4) is 17.2 Å². The van der Waals surface area contributed by atoms with Crippen LogP contribution in [0.5, 0.6) is 17.2 Å². The van der Waals surface area contributed by atoms with Gasteiger partial charge in [0.25, 0.3) is 0 Å². The Labute approximate surface area is 215 Å². The van der Waals surface area contributed by atoms with Crippen molar-refractivity contribution in [3.05, 3.63) is 71.8 Å². The number of aryl methyl sites for hydroxylation is 1. The number of rotatable bonds is 11. The lowest BCUT2D eigenvalue weighted by Crippen LogP contribution is -2.48. The molecular weight excluding hydrogens is 484 g/mol. The molecule has 200 valence electrons. The maximum absolute atomic E-state index is 13.5. The molecule has 8 nitrogen and oxygen atoms in total. The van der Waals surface area contributed by atoms with E-state index in [1.807, 2.05) is 24.4 Å². The van der Waals surface area contributed by atoms with Gasteiger partial charge in [-0.05, 0) is 29.8 Å². The normalized spacial score (nSPS) is 18.4. The van der Waals surface area contributed by atoms with E-state index in [0.717, 1.165) is 29.9 Å². The number of aliphatic hydroxyl groups is 1. The van der Waals surface area contributed by atoms with Crippen LogP contribution in [0, 0.1) is 11.6 Å². The minimum Gasteiger partial charge on any atom is -0.493 e. The monoisotopic (exact) mass is 517 g/mol. The molecular formula is C27H33F2N3O5. The molecule has 1 fully saturated rings. The number of hydrogen-bond acceptors (Lipinski definition) is 7. The molecule has 1 saturated heterocycles. The molecule has 0 saturated carbocycles. The number of nitrogens with zero attached hydrogens (tertiary/aromatic N) is 3. The van der Waals surface area contributed by atoms with E-state index in [2.05, 4.69) is 21.4 Å². The smallest absolute Gasteiger partial charge is 0.162 e. The Balaban J connectivity index is 1.35. The minimum absolute atomic E-state index is 0.0694. The van der Waals surface area contributed by atoms with Crippen molar-refractivity contribution in [2.75, 3.05) is 46.6 Å². The molecule has 0 aliphatic carbocycles. The number of methoxy groups -OCH3 is 1. The summed E-state index contributed by atoms with van der Waals surface area (Å²) in [6.07, 6.45) is 4.59. The summed E-state index contributed by atoms with van der Waals surface area (Å²) in [5.74, 6) is 0.481. The fourth-order valence-corrected chi connectivity index (χ4v) is 4.30. The van der Waals surface area contributed by atoms with Gasteiger partial charge >= 0.3 is 0 Å². The largest absolute Gasteiger partial charge is 0.493 e. The lowest BCUT2D eigenvalue weighted by atomic mass is 10.1. The SMILES string of the molecule is CCc1nccn1CCOc1ccc(CN2CCOC[C@](O)(COc3ccc(F)c(F)c3)C2)cc1OC. The van der Waals surface area contributed by atoms with E-state index in [0.29, 0.717) is 44.3 Å². The van der Waals surface area contributed by atoms with Crippen LogP contribution in [-0.4, -0.2) is 71.8 Å². The molecule has 0 radical (unpaired) electrons. The Morgan fingerprint density at radius 2 is 1.97 bits per heavy atom. The quantitative estimate of drug-likeness (QED) is 0.418. The van der Waals surface area contributed by atoms with Crippen molar-refractivity contribution in [1.29, 1.82) is 0 Å². The second-order valence-corrected chi connectivity index (χ2v) is 9.08. The third kappa shape index (κ3) is 7.18.